The van der Waals surface area contributed by atoms with Gasteiger partial charge >= 0.3 is 0 Å². The van der Waals surface area contributed by atoms with Gasteiger partial charge in [0, 0.05) is 18.0 Å². The van der Waals surface area contributed by atoms with E-state index in [1.807, 2.05) is 35.4 Å². The zero-order valence-electron chi connectivity index (χ0n) is 10.5. The minimum atomic E-state index is 0.196. The standard InChI is InChI=1S/C14H19NOS/c1-11-7-9-15(10-8-11)14(16)12-5-3-4-6-13(12)17-2/h3-6,11H,7-10H2,1-2H3. The number of thioether (sulfide) groups is 1. The summed E-state index contributed by atoms with van der Waals surface area (Å²) in [4.78, 5) is 15.5. The van der Waals surface area contributed by atoms with E-state index in [-0.39, 0.29) is 5.91 Å². The van der Waals surface area contributed by atoms with E-state index in [0.717, 1.165) is 42.3 Å². The topological polar surface area (TPSA) is 20.3 Å². The molecule has 1 amide bonds. The average Bonchev–Trinajstić information content (AvgIpc) is 2.39. The maximum atomic E-state index is 12.4. The van der Waals surface area contributed by atoms with E-state index in [9.17, 15) is 4.79 Å². The first-order chi connectivity index (χ1) is 8.22. The molecule has 1 aromatic carbocycles. The van der Waals surface area contributed by atoms with Crippen molar-refractivity contribution in [3.05, 3.63) is 29.8 Å². The second kappa shape index (κ2) is 5.58. The Kier molecular flexibility index (Phi) is 4.11. The molecule has 0 aliphatic carbocycles. The molecule has 0 N–H and O–H groups in total. The second-order valence-corrected chi connectivity index (χ2v) is 5.52. The number of carbonyl (C=O) groups is 1. The number of piperidine rings is 1. The minimum absolute atomic E-state index is 0.196. The highest BCUT2D eigenvalue weighted by atomic mass is 32.2. The van der Waals surface area contributed by atoms with Gasteiger partial charge in [-0.15, -0.1) is 11.8 Å². The van der Waals surface area contributed by atoms with Crippen LogP contribution in [0.2, 0.25) is 0 Å². The van der Waals surface area contributed by atoms with Gasteiger partial charge in [-0.05, 0) is 37.1 Å². The maximum absolute atomic E-state index is 12.4. The Morgan fingerprint density at radius 2 is 1.94 bits per heavy atom. The second-order valence-electron chi connectivity index (χ2n) is 4.68. The summed E-state index contributed by atoms with van der Waals surface area (Å²) in [6, 6.07) is 7.89. The molecule has 17 heavy (non-hydrogen) atoms. The third-order valence-electron chi connectivity index (χ3n) is 3.41. The van der Waals surface area contributed by atoms with Crippen molar-refractivity contribution in [1.29, 1.82) is 0 Å². The molecule has 1 saturated heterocycles. The SMILES string of the molecule is CSc1ccccc1C(=O)N1CCC(C)CC1. The van der Waals surface area contributed by atoms with Gasteiger partial charge in [0.2, 0.25) is 0 Å². The Labute approximate surface area is 107 Å². The molecule has 1 aromatic rings. The van der Waals surface area contributed by atoms with E-state index in [1.165, 1.54) is 0 Å². The molecule has 0 atom stereocenters. The van der Waals surface area contributed by atoms with Crippen molar-refractivity contribution in [3.63, 3.8) is 0 Å². The van der Waals surface area contributed by atoms with Gasteiger partial charge in [0.15, 0.2) is 0 Å². The van der Waals surface area contributed by atoms with E-state index in [0.29, 0.717) is 0 Å². The number of likely N-dealkylation sites (tertiary alicyclic amines) is 1. The van der Waals surface area contributed by atoms with Crippen molar-refractivity contribution in [1.82, 2.24) is 4.90 Å². The number of rotatable bonds is 2. The van der Waals surface area contributed by atoms with Crippen molar-refractivity contribution in [3.8, 4) is 0 Å². The van der Waals surface area contributed by atoms with Crippen molar-refractivity contribution in [2.75, 3.05) is 19.3 Å². The molecule has 0 radical (unpaired) electrons. The van der Waals surface area contributed by atoms with Crippen LogP contribution in [0.3, 0.4) is 0 Å². The summed E-state index contributed by atoms with van der Waals surface area (Å²) in [6.45, 7) is 4.07. The molecule has 92 valence electrons. The predicted molar refractivity (Wildman–Crippen MR) is 72.5 cm³/mol. The monoisotopic (exact) mass is 249 g/mol. The Hall–Kier alpha value is -0.960. The maximum Gasteiger partial charge on any atom is 0.254 e. The van der Waals surface area contributed by atoms with Crippen LogP contribution in [0.5, 0.6) is 0 Å². The highest BCUT2D eigenvalue weighted by Gasteiger charge is 2.22. The number of nitrogens with zero attached hydrogens (tertiary/aromatic N) is 1. The number of benzene rings is 1. The highest BCUT2D eigenvalue weighted by Crippen LogP contribution is 2.24. The molecule has 2 nitrogen and oxygen atoms in total. The summed E-state index contributed by atoms with van der Waals surface area (Å²) >= 11 is 1.64. The Balaban J connectivity index is 2.14. The van der Waals surface area contributed by atoms with Crippen LogP contribution in [0.25, 0.3) is 0 Å². The third kappa shape index (κ3) is 2.83. The van der Waals surface area contributed by atoms with Gasteiger partial charge in [0.25, 0.3) is 5.91 Å². The van der Waals surface area contributed by atoms with E-state index < -0.39 is 0 Å². The molecule has 0 unspecified atom stereocenters. The summed E-state index contributed by atoms with van der Waals surface area (Å²) < 4.78 is 0. The zero-order valence-corrected chi connectivity index (χ0v) is 11.3. The fourth-order valence-corrected chi connectivity index (χ4v) is 2.79. The lowest BCUT2D eigenvalue weighted by Gasteiger charge is -2.30. The lowest BCUT2D eigenvalue weighted by Crippen LogP contribution is -2.38. The number of carbonyl (C=O) groups excluding carboxylic acids is 1. The van der Waals surface area contributed by atoms with Crippen molar-refractivity contribution in [2.45, 2.75) is 24.7 Å². The summed E-state index contributed by atoms with van der Waals surface area (Å²) in [5.74, 6) is 0.955. The number of amides is 1. The molecule has 1 fully saturated rings. The van der Waals surface area contributed by atoms with E-state index >= 15 is 0 Å². The van der Waals surface area contributed by atoms with Gasteiger partial charge in [0.1, 0.15) is 0 Å². The van der Waals surface area contributed by atoms with Crippen LogP contribution < -0.4 is 0 Å². The predicted octanol–water partition coefficient (Wildman–Crippen LogP) is 3.28. The largest absolute Gasteiger partial charge is 0.339 e. The lowest BCUT2D eigenvalue weighted by molar-refractivity contribution is 0.0693. The molecule has 1 aliphatic heterocycles. The molecule has 0 spiro atoms. The van der Waals surface area contributed by atoms with E-state index in [4.69, 9.17) is 0 Å². The van der Waals surface area contributed by atoms with Crippen LogP contribution in [0, 0.1) is 5.92 Å². The third-order valence-corrected chi connectivity index (χ3v) is 4.20. The zero-order chi connectivity index (χ0) is 12.3. The summed E-state index contributed by atoms with van der Waals surface area (Å²) in [5.41, 5.74) is 0.856. The quantitative estimate of drug-likeness (QED) is 0.750. The normalized spacial score (nSPS) is 17.2. The average molecular weight is 249 g/mol. The molecule has 0 saturated carbocycles. The first-order valence-corrected chi connectivity index (χ1v) is 7.37. The summed E-state index contributed by atoms with van der Waals surface area (Å²) in [5, 5.41) is 0. The van der Waals surface area contributed by atoms with Crippen molar-refractivity contribution < 1.29 is 4.79 Å². The molecule has 1 heterocycles. The van der Waals surface area contributed by atoms with Gasteiger partial charge in [0.05, 0.1) is 5.56 Å². The van der Waals surface area contributed by atoms with E-state index in [2.05, 4.69) is 6.92 Å². The van der Waals surface area contributed by atoms with E-state index in [1.54, 1.807) is 11.8 Å². The molecular formula is C14H19NOS. The summed E-state index contributed by atoms with van der Waals surface area (Å²) in [6.07, 6.45) is 4.28. The van der Waals surface area contributed by atoms with Crippen LogP contribution in [0.15, 0.2) is 29.2 Å². The van der Waals surface area contributed by atoms with Crippen LogP contribution in [-0.4, -0.2) is 30.2 Å². The molecular weight excluding hydrogens is 230 g/mol. The molecule has 0 bridgehead atoms. The van der Waals surface area contributed by atoms with Gasteiger partial charge in [-0.3, -0.25) is 4.79 Å². The Bertz CT molecular complexity index is 397. The number of hydrogen-bond acceptors (Lipinski definition) is 2. The first kappa shape index (κ1) is 12.5. The molecule has 2 rings (SSSR count). The van der Waals surface area contributed by atoms with Gasteiger partial charge in [-0.1, -0.05) is 19.1 Å². The molecule has 1 aliphatic rings. The lowest BCUT2D eigenvalue weighted by atomic mass is 9.98. The molecule has 0 aromatic heterocycles. The fourth-order valence-electron chi connectivity index (χ4n) is 2.20. The van der Waals surface area contributed by atoms with Crippen LogP contribution in [-0.2, 0) is 0 Å². The first-order valence-electron chi connectivity index (χ1n) is 6.14. The van der Waals surface area contributed by atoms with Gasteiger partial charge < -0.3 is 4.90 Å². The van der Waals surface area contributed by atoms with Crippen LogP contribution >= 0.6 is 11.8 Å². The van der Waals surface area contributed by atoms with Crippen LogP contribution in [0.1, 0.15) is 30.1 Å². The fraction of sp³-hybridized carbons (Fsp3) is 0.500. The van der Waals surface area contributed by atoms with Crippen molar-refractivity contribution in [2.24, 2.45) is 5.92 Å². The molecule has 3 heteroatoms. The smallest absolute Gasteiger partial charge is 0.254 e. The summed E-state index contributed by atoms with van der Waals surface area (Å²) in [7, 11) is 0. The minimum Gasteiger partial charge on any atom is -0.339 e. The van der Waals surface area contributed by atoms with Gasteiger partial charge in [-0.25, -0.2) is 0 Å². The Morgan fingerprint density at radius 1 is 1.29 bits per heavy atom. The van der Waals surface area contributed by atoms with Gasteiger partial charge in [-0.2, -0.15) is 0 Å². The highest BCUT2D eigenvalue weighted by molar-refractivity contribution is 7.98. The van der Waals surface area contributed by atoms with Crippen molar-refractivity contribution >= 4 is 17.7 Å². The Morgan fingerprint density at radius 3 is 2.59 bits per heavy atom. The van der Waals surface area contributed by atoms with Crippen LogP contribution in [0.4, 0.5) is 0 Å². The number of hydrogen-bond donors (Lipinski definition) is 0.